The van der Waals surface area contributed by atoms with Gasteiger partial charge in [0.25, 0.3) is 0 Å². The first-order valence-electron chi connectivity index (χ1n) is 9.90. The van der Waals surface area contributed by atoms with Crippen molar-refractivity contribution < 1.29 is 24.2 Å². The number of hydrogen-bond acceptors (Lipinski definition) is 5. The van der Waals surface area contributed by atoms with Crippen LogP contribution in [0.5, 0.6) is 0 Å². The number of ether oxygens (including phenoxy) is 2. The fourth-order valence-corrected chi connectivity index (χ4v) is 4.70. The highest BCUT2D eigenvalue weighted by atomic mass is 16.5. The summed E-state index contributed by atoms with van der Waals surface area (Å²) in [5.41, 5.74) is -0.0643. The fourth-order valence-electron chi connectivity index (χ4n) is 4.70. The van der Waals surface area contributed by atoms with E-state index in [9.17, 15) is 14.7 Å². The summed E-state index contributed by atoms with van der Waals surface area (Å²) >= 11 is 0. The average molecular weight is 381 g/mol. The van der Waals surface area contributed by atoms with Gasteiger partial charge in [-0.3, -0.25) is 4.79 Å². The predicted octanol–water partition coefficient (Wildman–Crippen LogP) is 3.20. The van der Waals surface area contributed by atoms with E-state index in [4.69, 9.17) is 9.47 Å². The third kappa shape index (κ3) is 4.48. The van der Waals surface area contributed by atoms with Crippen LogP contribution < -0.4 is 0 Å². The monoisotopic (exact) mass is 380 g/mol. The molecule has 2 aliphatic rings. The molecule has 6 atom stereocenters. The zero-order valence-electron chi connectivity index (χ0n) is 17.4. The Morgan fingerprint density at radius 2 is 2.07 bits per heavy atom. The zero-order valence-corrected chi connectivity index (χ0v) is 17.4. The molecule has 1 unspecified atom stereocenters. The highest BCUT2D eigenvalue weighted by Gasteiger charge is 2.53. The maximum absolute atomic E-state index is 11.9. The summed E-state index contributed by atoms with van der Waals surface area (Å²) in [4.78, 5) is 25.1. The van der Waals surface area contributed by atoms with Crippen LogP contribution in [0.3, 0.4) is 0 Å². The van der Waals surface area contributed by atoms with Crippen LogP contribution in [0, 0.1) is 30.1 Å². The van der Waals surface area contributed by atoms with Crippen molar-refractivity contribution >= 4 is 12.1 Å². The van der Waals surface area contributed by atoms with Crippen LogP contribution in [0.15, 0.2) is 11.6 Å². The Hall–Kier alpha value is -1.56. The first-order valence-corrected chi connectivity index (χ1v) is 9.90. The van der Waals surface area contributed by atoms with Crippen molar-refractivity contribution in [1.29, 1.82) is 0 Å². The zero-order chi connectivity index (χ0) is 20.4. The number of nitrogens with zero attached hydrogens (tertiary/aromatic N) is 1. The van der Waals surface area contributed by atoms with Crippen LogP contribution in [0.1, 0.15) is 47.5 Å². The SMILES string of the molecule is CCN(CC(C)[C@@H]1CC[C@@H](C)[C@]2(O)[CH][C@@H](OC(C)=O)C(C)=C[C@H]12)C(=O)OC. The molecule has 0 heterocycles. The Labute approximate surface area is 162 Å². The molecule has 0 spiro atoms. The summed E-state index contributed by atoms with van der Waals surface area (Å²) < 4.78 is 10.3. The highest BCUT2D eigenvalue weighted by molar-refractivity contribution is 5.67. The molecule has 27 heavy (non-hydrogen) atoms. The van der Waals surface area contributed by atoms with Gasteiger partial charge in [0.1, 0.15) is 6.10 Å². The van der Waals surface area contributed by atoms with E-state index in [1.165, 1.54) is 14.0 Å². The van der Waals surface area contributed by atoms with Crippen molar-refractivity contribution in [2.75, 3.05) is 20.2 Å². The second kappa shape index (κ2) is 8.63. The van der Waals surface area contributed by atoms with Crippen LogP contribution in [-0.2, 0) is 14.3 Å². The van der Waals surface area contributed by atoms with E-state index in [1.54, 1.807) is 4.90 Å². The Balaban J connectivity index is 2.25. The van der Waals surface area contributed by atoms with Gasteiger partial charge in [0, 0.05) is 32.4 Å². The van der Waals surface area contributed by atoms with Gasteiger partial charge in [0.05, 0.1) is 12.7 Å². The van der Waals surface area contributed by atoms with E-state index in [2.05, 4.69) is 19.9 Å². The summed E-state index contributed by atoms with van der Waals surface area (Å²) in [6.45, 7) is 10.6. The topological polar surface area (TPSA) is 76.1 Å². The Morgan fingerprint density at radius 1 is 1.41 bits per heavy atom. The Bertz CT molecular complexity index is 589. The summed E-state index contributed by atoms with van der Waals surface area (Å²) in [7, 11) is 1.40. The van der Waals surface area contributed by atoms with Gasteiger partial charge in [-0.15, -0.1) is 0 Å². The van der Waals surface area contributed by atoms with E-state index in [0.717, 1.165) is 18.4 Å². The molecule has 6 heteroatoms. The molecule has 0 aromatic rings. The second-order valence-electron chi connectivity index (χ2n) is 8.15. The van der Waals surface area contributed by atoms with Crippen molar-refractivity contribution in [3.05, 3.63) is 18.1 Å². The lowest BCUT2D eigenvalue weighted by Crippen LogP contribution is -2.56. The Kier molecular flexibility index (Phi) is 6.95. The van der Waals surface area contributed by atoms with Gasteiger partial charge < -0.3 is 19.5 Å². The summed E-state index contributed by atoms with van der Waals surface area (Å²) in [5.74, 6) is 0.108. The summed E-state index contributed by atoms with van der Waals surface area (Å²) in [6.07, 6.45) is 4.98. The van der Waals surface area contributed by atoms with Crippen molar-refractivity contribution in [2.24, 2.45) is 23.7 Å². The number of esters is 1. The maximum Gasteiger partial charge on any atom is 0.409 e. The van der Waals surface area contributed by atoms with Crippen LogP contribution in [0.4, 0.5) is 4.79 Å². The van der Waals surface area contributed by atoms with E-state index >= 15 is 0 Å². The van der Waals surface area contributed by atoms with Crippen molar-refractivity contribution in [2.45, 2.75) is 59.2 Å². The molecule has 153 valence electrons. The van der Waals surface area contributed by atoms with Gasteiger partial charge >= 0.3 is 12.1 Å². The molecule has 1 saturated carbocycles. The van der Waals surface area contributed by atoms with E-state index in [-0.39, 0.29) is 35.7 Å². The van der Waals surface area contributed by atoms with E-state index < -0.39 is 11.7 Å². The molecule has 1 fully saturated rings. The van der Waals surface area contributed by atoms with Gasteiger partial charge in [-0.1, -0.05) is 19.9 Å². The maximum atomic E-state index is 11.9. The molecule has 1 radical (unpaired) electrons. The quantitative estimate of drug-likeness (QED) is 0.585. The standard InChI is InChI=1S/C21H34NO5/c1-7-22(20(24)26-6)12-14(3)17-9-8-15(4)21(25)11-19(27-16(5)23)13(2)10-18(17)21/h10-11,14-15,17-19,25H,7-9,12H2,1-6H3/t14?,15-,17+,18-,19-,21-/m1/s1. The molecular formula is C21H34NO5. The second-order valence-corrected chi connectivity index (χ2v) is 8.15. The number of carbonyl (C=O) groups excluding carboxylic acids is 2. The normalized spacial score (nSPS) is 34.1. The average Bonchev–Trinajstić information content (AvgIpc) is 2.61. The molecule has 0 aliphatic heterocycles. The number of carbonyl (C=O) groups is 2. The lowest BCUT2D eigenvalue weighted by Gasteiger charge is -2.53. The third-order valence-electron chi connectivity index (χ3n) is 6.37. The number of fused-ring (bicyclic) bond motifs is 1. The van der Waals surface area contributed by atoms with Crippen LogP contribution in [-0.4, -0.2) is 54.0 Å². The molecule has 0 saturated heterocycles. The molecule has 1 N–H and O–H groups in total. The summed E-state index contributed by atoms with van der Waals surface area (Å²) in [5, 5.41) is 11.5. The van der Waals surface area contributed by atoms with Gasteiger partial charge in [-0.2, -0.15) is 0 Å². The number of amides is 1. The van der Waals surface area contributed by atoms with Gasteiger partial charge in [0.15, 0.2) is 0 Å². The molecule has 0 aromatic heterocycles. The molecular weight excluding hydrogens is 346 g/mol. The molecule has 2 aliphatic carbocycles. The first-order chi connectivity index (χ1) is 12.6. The van der Waals surface area contributed by atoms with Crippen LogP contribution >= 0.6 is 0 Å². The molecule has 0 aromatic carbocycles. The number of rotatable bonds is 5. The van der Waals surface area contributed by atoms with E-state index in [0.29, 0.717) is 13.1 Å². The van der Waals surface area contributed by atoms with Gasteiger partial charge in [0.2, 0.25) is 0 Å². The minimum absolute atomic E-state index is 0.0561. The highest BCUT2D eigenvalue weighted by Crippen LogP contribution is 2.50. The lowest BCUT2D eigenvalue weighted by atomic mass is 9.57. The molecule has 0 bridgehead atoms. The third-order valence-corrected chi connectivity index (χ3v) is 6.37. The summed E-state index contributed by atoms with van der Waals surface area (Å²) in [6, 6.07) is 0. The van der Waals surface area contributed by atoms with Crippen molar-refractivity contribution in [1.82, 2.24) is 4.90 Å². The minimum atomic E-state index is -1.01. The smallest absolute Gasteiger partial charge is 0.409 e. The number of aliphatic hydroxyl groups is 1. The molecule has 2 rings (SSSR count). The molecule has 1 amide bonds. The van der Waals surface area contributed by atoms with Gasteiger partial charge in [-0.05, 0) is 50.0 Å². The number of hydrogen-bond donors (Lipinski definition) is 1. The Morgan fingerprint density at radius 3 is 2.63 bits per heavy atom. The van der Waals surface area contributed by atoms with Gasteiger partial charge in [-0.25, -0.2) is 4.79 Å². The fraction of sp³-hybridized carbons (Fsp3) is 0.762. The van der Waals surface area contributed by atoms with E-state index in [1.807, 2.05) is 20.3 Å². The number of methoxy groups -OCH3 is 1. The minimum Gasteiger partial charge on any atom is -0.458 e. The predicted molar refractivity (Wildman–Crippen MR) is 103 cm³/mol. The molecule has 6 nitrogen and oxygen atoms in total. The van der Waals surface area contributed by atoms with Crippen LogP contribution in [0.25, 0.3) is 0 Å². The van der Waals surface area contributed by atoms with Crippen molar-refractivity contribution in [3.8, 4) is 0 Å². The first kappa shape index (κ1) is 21.7. The largest absolute Gasteiger partial charge is 0.458 e. The lowest BCUT2D eigenvalue weighted by molar-refractivity contribution is -0.148. The van der Waals surface area contributed by atoms with Crippen LogP contribution in [0.2, 0.25) is 0 Å². The van der Waals surface area contributed by atoms with Crippen molar-refractivity contribution in [3.63, 3.8) is 0 Å².